The Morgan fingerprint density at radius 3 is 2.53 bits per heavy atom. The summed E-state index contributed by atoms with van der Waals surface area (Å²) in [5.74, 6) is -1.03. The summed E-state index contributed by atoms with van der Waals surface area (Å²) in [6.07, 6.45) is 3.39. The van der Waals surface area contributed by atoms with Crippen LogP contribution in [0.3, 0.4) is 0 Å². The molecule has 4 heteroatoms. The van der Waals surface area contributed by atoms with Crippen molar-refractivity contribution in [2.24, 2.45) is 5.73 Å². The Hall–Kier alpha value is -2.20. The van der Waals surface area contributed by atoms with Crippen molar-refractivity contribution in [3.05, 3.63) is 54.4 Å². The number of rotatable bonds is 3. The summed E-state index contributed by atoms with van der Waals surface area (Å²) in [7, 11) is 0. The lowest BCUT2D eigenvalue weighted by molar-refractivity contribution is -0.138. The highest BCUT2D eigenvalue weighted by atomic mass is 16.4. The fourth-order valence-electron chi connectivity index (χ4n) is 1.60. The molecule has 1 heterocycles. The van der Waals surface area contributed by atoms with E-state index >= 15 is 0 Å². The first-order chi connectivity index (χ1) is 8.18. The van der Waals surface area contributed by atoms with Gasteiger partial charge in [-0.25, -0.2) is 0 Å². The first kappa shape index (κ1) is 11.3. The molecule has 1 atom stereocenters. The zero-order chi connectivity index (χ0) is 12.3. The molecule has 0 aliphatic rings. The van der Waals surface area contributed by atoms with Gasteiger partial charge in [-0.2, -0.15) is 0 Å². The van der Waals surface area contributed by atoms with Crippen molar-refractivity contribution in [1.82, 2.24) is 4.98 Å². The number of pyridine rings is 1. The zero-order valence-electron chi connectivity index (χ0n) is 9.08. The molecule has 1 aromatic carbocycles. The predicted octanol–water partition coefficient (Wildman–Crippen LogP) is 1.83. The first-order valence-electron chi connectivity index (χ1n) is 5.17. The van der Waals surface area contributed by atoms with Crippen molar-refractivity contribution in [1.29, 1.82) is 0 Å². The lowest BCUT2D eigenvalue weighted by atomic mass is 10.0. The number of aromatic nitrogens is 1. The first-order valence-corrected chi connectivity index (χ1v) is 5.17. The lowest BCUT2D eigenvalue weighted by Gasteiger charge is -2.08. The Labute approximate surface area is 98.7 Å². The molecule has 0 fully saturated rings. The van der Waals surface area contributed by atoms with Crippen LogP contribution in [-0.2, 0) is 4.79 Å². The Balaban J connectivity index is 2.39. The summed E-state index contributed by atoms with van der Waals surface area (Å²) >= 11 is 0. The van der Waals surface area contributed by atoms with Gasteiger partial charge in [-0.15, -0.1) is 0 Å². The molecule has 3 N–H and O–H groups in total. The van der Waals surface area contributed by atoms with Crippen LogP contribution in [0.4, 0.5) is 0 Å². The van der Waals surface area contributed by atoms with E-state index in [-0.39, 0.29) is 0 Å². The summed E-state index contributed by atoms with van der Waals surface area (Å²) in [4.78, 5) is 14.8. The van der Waals surface area contributed by atoms with E-state index in [1.54, 1.807) is 30.6 Å². The highest BCUT2D eigenvalue weighted by molar-refractivity contribution is 5.76. The van der Waals surface area contributed by atoms with Crippen LogP contribution in [0.2, 0.25) is 0 Å². The third-order valence-electron chi connectivity index (χ3n) is 2.53. The SMILES string of the molecule is NC(C(=O)O)c1cccc(-c2ccncc2)c1. The molecule has 1 aromatic heterocycles. The topological polar surface area (TPSA) is 76.2 Å². The molecule has 86 valence electrons. The molecule has 4 nitrogen and oxygen atoms in total. The van der Waals surface area contributed by atoms with E-state index in [1.807, 2.05) is 18.2 Å². The standard InChI is InChI=1S/C13H12N2O2/c14-12(13(16)17)11-3-1-2-10(8-11)9-4-6-15-7-5-9/h1-8,12H,14H2,(H,16,17). The molecule has 0 bridgehead atoms. The van der Waals surface area contributed by atoms with Crippen LogP contribution in [-0.4, -0.2) is 16.1 Å². The van der Waals surface area contributed by atoms with Gasteiger partial charge in [-0.1, -0.05) is 18.2 Å². The minimum absolute atomic E-state index is 0.590. The highest BCUT2D eigenvalue weighted by Crippen LogP contribution is 2.21. The minimum Gasteiger partial charge on any atom is -0.480 e. The summed E-state index contributed by atoms with van der Waals surface area (Å²) < 4.78 is 0. The molecule has 2 aromatic rings. The summed E-state index contributed by atoms with van der Waals surface area (Å²) in [5.41, 5.74) is 8.08. The molecule has 0 saturated heterocycles. The number of aliphatic carboxylic acids is 1. The summed E-state index contributed by atoms with van der Waals surface area (Å²) in [6.45, 7) is 0. The fraction of sp³-hybridized carbons (Fsp3) is 0.0769. The maximum absolute atomic E-state index is 10.8. The molecule has 0 radical (unpaired) electrons. The number of nitrogens with zero attached hydrogens (tertiary/aromatic N) is 1. The second-order valence-corrected chi connectivity index (χ2v) is 3.68. The minimum atomic E-state index is -1.03. The number of carbonyl (C=O) groups is 1. The van der Waals surface area contributed by atoms with Crippen molar-refractivity contribution in [2.75, 3.05) is 0 Å². The average Bonchev–Trinajstić information content (AvgIpc) is 2.39. The van der Waals surface area contributed by atoms with Gasteiger partial charge >= 0.3 is 5.97 Å². The molecular formula is C13H12N2O2. The largest absolute Gasteiger partial charge is 0.480 e. The molecule has 0 aliphatic carbocycles. The third-order valence-corrected chi connectivity index (χ3v) is 2.53. The number of benzene rings is 1. The number of carboxylic acids is 1. The number of hydrogen-bond acceptors (Lipinski definition) is 3. The van der Waals surface area contributed by atoms with Gasteiger partial charge in [-0.05, 0) is 34.9 Å². The molecule has 0 aliphatic heterocycles. The molecule has 2 rings (SSSR count). The zero-order valence-corrected chi connectivity index (χ0v) is 9.08. The highest BCUT2D eigenvalue weighted by Gasteiger charge is 2.14. The van der Waals surface area contributed by atoms with Crippen molar-refractivity contribution < 1.29 is 9.90 Å². The van der Waals surface area contributed by atoms with Crippen molar-refractivity contribution >= 4 is 5.97 Å². The maximum atomic E-state index is 10.8. The fourth-order valence-corrected chi connectivity index (χ4v) is 1.60. The van der Waals surface area contributed by atoms with E-state index in [9.17, 15) is 4.79 Å². The molecular weight excluding hydrogens is 216 g/mol. The Morgan fingerprint density at radius 1 is 1.18 bits per heavy atom. The number of carboxylic acid groups (broad SMARTS) is 1. The van der Waals surface area contributed by atoms with Crippen LogP contribution in [0, 0.1) is 0 Å². The summed E-state index contributed by atoms with van der Waals surface area (Å²) in [6, 6.07) is 9.95. The normalized spacial score (nSPS) is 12.1. The van der Waals surface area contributed by atoms with Gasteiger partial charge in [0, 0.05) is 12.4 Å². The van der Waals surface area contributed by atoms with Crippen LogP contribution in [0.5, 0.6) is 0 Å². The van der Waals surface area contributed by atoms with Gasteiger partial charge in [0.2, 0.25) is 0 Å². The van der Waals surface area contributed by atoms with Gasteiger partial charge in [0.1, 0.15) is 6.04 Å². The number of hydrogen-bond donors (Lipinski definition) is 2. The van der Waals surface area contributed by atoms with Gasteiger partial charge in [0.15, 0.2) is 0 Å². The van der Waals surface area contributed by atoms with E-state index in [4.69, 9.17) is 10.8 Å². The van der Waals surface area contributed by atoms with Crippen molar-refractivity contribution in [3.63, 3.8) is 0 Å². The molecule has 0 amide bonds. The van der Waals surface area contributed by atoms with Crippen LogP contribution in [0.15, 0.2) is 48.8 Å². The second-order valence-electron chi connectivity index (χ2n) is 3.68. The van der Waals surface area contributed by atoms with Crippen molar-refractivity contribution in [3.8, 4) is 11.1 Å². The maximum Gasteiger partial charge on any atom is 0.325 e. The van der Waals surface area contributed by atoms with Crippen LogP contribution in [0.25, 0.3) is 11.1 Å². The van der Waals surface area contributed by atoms with Gasteiger partial charge in [0.25, 0.3) is 0 Å². The van der Waals surface area contributed by atoms with Gasteiger partial charge < -0.3 is 10.8 Å². The second kappa shape index (κ2) is 4.76. The molecule has 0 saturated carbocycles. The monoisotopic (exact) mass is 228 g/mol. The molecule has 1 unspecified atom stereocenters. The smallest absolute Gasteiger partial charge is 0.325 e. The van der Waals surface area contributed by atoms with Crippen LogP contribution in [0.1, 0.15) is 11.6 Å². The van der Waals surface area contributed by atoms with Gasteiger partial charge in [-0.3, -0.25) is 9.78 Å². The Morgan fingerprint density at radius 2 is 1.88 bits per heavy atom. The molecule has 17 heavy (non-hydrogen) atoms. The van der Waals surface area contributed by atoms with Crippen LogP contribution >= 0.6 is 0 Å². The van der Waals surface area contributed by atoms with E-state index in [0.29, 0.717) is 5.56 Å². The quantitative estimate of drug-likeness (QED) is 0.840. The summed E-state index contributed by atoms with van der Waals surface area (Å²) in [5, 5.41) is 8.86. The Kier molecular flexibility index (Phi) is 3.16. The number of nitrogens with two attached hydrogens (primary N) is 1. The van der Waals surface area contributed by atoms with E-state index in [1.165, 1.54) is 0 Å². The third kappa shape index (κ3) is 2.49. The van der Waals surface area contributed by atoms with E-state index < -0.39 is 12.0 Å². The lowest BCUT2D eigenvalue weighted by Crippen LogP contribution is -2.20. The Bertz CT molecular complexity index is 526. The van der Waals surface area contributed by atoms with E-state index in [2.05, 4.69) is 4.98 Å². The molecule has 0 spiro atoms. The van der Waals surface area contributed by atoms with Crippen LogP contribution < -0.4 is 5.73 Å². The average molecular weight is 228 g/mol. The predicted molar refractivity (Wildman–Crippen MR) is 64.2 cm³/mol. The van der Waals surface area contributed by atoms with Gasteiger partial charge in [0.05, 0.1) is 0 Å². The van der Waals surface area contributed by atoms with E-state index in [0.717, 1.165) is 11.1 Å². The van der Waals surface area contributed by atoms with Crippen molar-refractivity contribution in [2.45, 2.75) is 6.04 Å².